The molecule has 128 valence electrons. The van der Waals surface area contributed by atoms with Crippen LogP contribution in [0.25, 0.3) is 0 Å². The summed E-state index contributed by atoms with van der Waals surface area (Å²) < 4.78 is 5.13. The van der Waals surface area contributed by atoms with E-state index in [4.69, 9.17) is 4.74 Å². The molecule has 1 heterocycles. The molecule has 1 N–H and O–H groups in total. The Morgan fingerprint density at radius 2 is 2.04 bits per heavy atom. The molecule has 0 radical (unpaired) electrons. The highest BCUT2D eigenvalue weighted by atomic mass is 16.5. The van der Waals surface area contributed by atoms with E-state index in [1.165, 1.54) is 5.56 Å². The van der Waals surface area contributed by atoms with Gasteiger partial charge in [0.05, 0.1) is 6.61 Å². The SMILES string of the molecule is CCCN1CC(CC(=O)OCC)CC(NCc2ccccc2)C1. The number of likely N-dealkylation sites (tertiary alicyclic amines) is 1. The molecular formula is C19H30N2O2. The van der Waals surface area contributed by atoms with Crippen molar-refractivity contribution >= 4 is 5.97 Å². The average Bonchev–Trinajstić information content (AvgIpc) is 2.54. The minimum atomic E-state index is -0.0577. The van der Waals surface area contributed by atoms with Gasteiger partial charge in [-0.05, 0) is 37.8 Å². The Morgan fingerprint density at radius 3 is 2.74 bits per heavy atom. The molecule has 1 fully saturated rings. The molecule has 1 saturated heterocycles. The highest BCUT2D eigenvalue weighted by Gasteiger charge is 2.28. The van der Waals surface area contributed by atoms with Crippen LogP contribution in [-0.4, -0.2) is 43.2 Å². The molecule has 1 aromatic rings. The Bertz CT molecular complexity index is 464. The average molecular weight is 318 g/mol. The van der Waals surface area contributed by atoms with Crippen LogP contribution in [0.4, 0.5) is 0 Å². The predicted octanol–water partition coefficient (Wildman–Crippen LogP) is 2.83. The first-order valence-corrected chi connectivity index (χ1v) is 8.86. The number of esters is 1. The van der Waals surface area contributed by atoms with Crippen LogP contribution in [0.15, 0.2) is 30.3 Å². The maximum Gasteiger partial charge on any atom is 0.306 e. The molecule has 0 aromatic heterocycles. The van der Waals surface area contributed by atoms with Crippen molar-refractivity contribution in [2.24, 2.45) is 5.92 Å². The predicted molar refractivity (Wildman–Crippen MR) is 93.2 cm³/mol. The van der Waals surface area contributed by atoms with Gasteiger partial charge in [-0.25, -0.2) is 0 Å². The van der Waals surface area contributed by atoms with Gasteiger partial charge >= 0.3 is 5.97 Å². The van der Waals surface area contributed by atoms with E-state index in [1.807, 2.05) is 13.0 Å². The van der Waals surface area contributed by atoms with Gasteiger partial charge in [-0.3, -0.25) is 4.79 Å². The molecule has 2 rings (SSSR count). The molecule has 4 nitrogen and oxygen atoms in total. The number of hydrogen-bond acceptors (Lipinski definition) is 4. The molecule has 4 heteroatoms. The van der Waals surface area contributed by atoms with E-state index in [2.05, 4.69) is 41.4 Å². The highest BCUT2D eigenvalue weighted by Crippen LogP contribution is 2.21. The van der Waals surface area contributed by atoms with Gasteiger partial charge in [-0.1, -0.05) is 37.3 Å². The van der Waals surface area contributed by atoms with Crippen molar-refractivity contribution in [2.45, 2.75) is 45.7 Å². The van der Waals surface area contributed by atoms with Crippen molar-refractivity contribution in [2.75, 3.05) is 26.2 Å². The maximum absolute atomic E-state index is 11.8. The summed E-state index contributed by atoms with van der Waals surface area (Å²) in [6.07, 6.45) is 2.74. The number of rotatable bonds is 8. The second-order valence-electron chi connectivity index (χ2n) is 6.43. The van der Waals surface area contributed by atoms with E-state index >= 15 is 0 Å². The summed E-state index contributed by atoms with van der Waals surface area (Å²) in [5.41, 5.74) is 1.31. The van der Waals surface area contributed by atoms with Crippen molar-refractivity contribution in [1.82, 2.24) is 10.2 Å². The Kier molecular flexibility index (Phi) is 7.56. The Morgan fingerprint density at radius 1 is 1.26 bits per heavy atom. The van der Waals surface area contributed by atoms with Crippen molar-refractivity contribution in [3.05, 3.63) is 35.9 Å². The fourth-order valence-electron chi connectivity index (χ4n) is 3.41. The number of benzene rings is 1. The fourth-order valence-corrected chi connectivity index (χ4v) is 3.41. The zero-order valence-corrected chi connectivity index (χ0v) is 14.5. The fraction of sp³-hybridized carbons (Fsp3) is 0.632. The summed E-state index contributed by atoms with van der Waals surface area (Å²) in [5.74, 6) is 0.334. The molecule has 0 saturated carbocycles. The Hall–Kier alpha value is -1.39. The van der Waals surface area contributed by atoms with Crippen LogP contribution in [0.2, 0.25) is 0 Å². The van der Waals surface area contributed by atoms with Gasteiger partial charge in [0.15, 0.2) is 0 Å². The van der Waals surface area contributed by atoms with Crippen LogP contribution in [0, 0.1) is 5.92 Å². The first-order chi connectivity index (χ1) is 11.2. The molecule has 1 aliphatic rings. The van der Waals surface area contributed by atoms with Gasteiger partial charge < -0.3 is 15.0 Å². The normalized spacial score (nSPS) is 22.0. The number of carbonyl (C=O) groups is 1. The van der Waals surface area contributed by atoms with Crippen LogP contribution in [0.5, 0.6) is 0 Å². The Labute approximate surface area is 140 Å². The van der Waals surface area contributed by atoms with E-state index in [0.29, 0.717) is 25.0 Å². The summed E-state index contributed by atoms with van der Waals surface area (Å²) in [6.45, 7) is 8.62. The second-order valence-corrected chi connectivity index (χ2v) is 6.43. The largest absolute Gasteiger partial charge is 0.466 e. The third kappa shape index (κ3) is 6.32. The van der Waals surface area contributed by atoms with Gasteiger partial charge in [0.25, 0.3) is 0 Å². The summed E-state index contributed by atoms with van der Waals surface area (Å²) >= 11 is 0. The van der Waals surface area contributed by atoms with Crippen molar-refractivity contribution < 1.29 is 9.53 Å². The van der Waals surface area contributed by atoms with Gasteiger partial charge in [0, 0.05) is 32.1 Å². The minimum Gasteiger partial charge on any atom is -0.466 e. The van der Waals surface area contributed by atoms with Gasteiger partial charge in [-0.15, -0.1) is 0 Å². The molecule has 1 aliphatic heterocycles. The monoisotopic (exact) mass is 318 g/mol. The van der Waals surface area contributed by atoms with E-state index in [-0.39, 0.29) is 5.97 Å². The quantitative estimate of drug-likeness (QED) is 0.748. The van der Waals surface area contributed by atoms with Crippen molar-refractivity contribution in [3.8, 4) is 0 Å². The van der Waals surface area contributed by atoms with Crippen LogP contribution in [0.3, 0.4) is 0 Å². The van der Waals surface area contributed by atoms with Gasteiger partial charge in [0.2, 0.25) is 0 Å². The molecule has 0 aliphatic carbocycles. The van der Waals surface area contributed by atoms with Gasteiger partial charge in [-0.2, -0.15) is 0 Å². The maximum atomic E-state index is 11.8. The number of hydrogen-bond donors (Lipinski definition) is 1. The first-order valence-electron chi connectivity index (χ1n) is 8.86. The summed E-state index contributed by atoms with van der Waals surface area (Å²) in [6, 6.07) is 10.9. The molecule has 0 spiro atoms. The lowest BCUT2D eigenvalue weighted by atomic mass is 9.91. The summed E-state index contributed by atoms with van der Waals surface area (Å²) in [4.78, 5) is 14.3. The molecule has 2 unspecified atom stereocenters. The number of piperidine rings is 1. The lowest BCUT2D eigenvalue weighted by molar-refractivity contribution is -0.144. The lowest BCUT2D eigenvalue weighted by Gasteiger charge is -2.38. The van der Waals surface area contributed by atoms with E-state index < -0.39 is 0 Å². The van der Waals surface area contributed by atoms with Crippen LogP contribution < -0.4 is 5.32 Å². The van der Waals surface area contributed by atoms with Gasteiger partial charge in [0.1, 0.15) is 0 Å². The third-order valence-electron chi connectivity index (χ3n) is 4.35. The smallest absolute Gasteiger partial charge is 0.306 e. The van der Waals surface area contributed by atoms with E-state index in [0.717, 1.165) is 39.0 Å². The summed E-state index contributed by atoms with van der Waals surface area (Å²) in [5, 5.41) is 3.67. The van der Waals surface area contributed by atoms with Crippen molar-refractivity contribution in [1.29, 1.82) is 0 Å². The molecule has 0 bridgehead atoms. The molecule has 2 atom stereocenters. The zero-order chi connectivity index (χ0) is 16.5. The highest BCUT2D eigenvalue weighted by molar-refractivity contribution is 5.69. The summed E-state index contributed by atoms with van der Waals surface area (Å²) in [7, 11) is 0. The van der Waals surface area contributed by atoms with E-state index in [1.54, 1.807) is 0 Å². The zero-order valence-electron chi connectivity index (χ0n) is 14.5. The minimum absolute atomic E-state index is 0.0577. The number of nitrogens with zero attached hydrogens (tertiary/aromatic N) is 1. The molecule has 23 heavy (non-hydrogen) atoms. The molecule has 1 aromatic carbocycles. The van der Waals surface area contributed by atoms with Crippen LogP contribution in [0.1, 0.15) is 38.7 Å². The molecule has 0 amide bonds. The first kappa shape index (κ1) is 18.0. The lowest BCUT2D eigenvalue weighted by Crippen LogP contribution is -2.49. The third-order valence-corrected chi connectivity index (χ3v) is 4.35. The molecular weight excluding hydrogens is 288 g/mol. The Balaban J connectivity index is 1.88. The second kappa shape index (κ2) is 9.68. The van der Waals surface area contributed by atoms with Crippen molar-refractivity contribution in [3.63, 3.8) is 0 Å². The number of ether oxygens (including phenoxy) is 1. The topological polar surface area (TPSA) is 41.6 Å². The van der Waals surface area contributed by atoms with Crippen LogP contribution >= 0.6 is 0 Å². The van der Waals surface area contributed by atoms with E-state index in [9.17, 15) is 4.79 Å². The number of carbonyl (C=O) groups excluding carboxylic acids is 1. The van der Waals surface area contributed by atoms with Crippen LogP contribution in [-0.2, 0) is 16.1 Å². The number of nitrogens with one attached hydrogen (secondary N) is 1. The standard InChI is InChI=1S/C19H30N2O2/c1-3-10-21-14-17(12-19(22)23-4-2)11-18(15-21)20-13-16-8-6-5-7-9-16/h5-9,17-18,20H,3-4,10-15H2,1-2H3.